The first-order chi connectivity index (χ1) is 13.8. The first-order valence-corrected chi connectivity index (χ1v) is 9.32. The van der Waals surface area contributed by atoms with Gasteiger partial charge >= 0.3 is 0 Å². The number of hydrazine groups is 1. The molecule has 1 atom stereocenters. The van der Waals surface area contributed by atoms with Gasteiger partial charge in [0.05, 0.1) is 17.4 Å². The molecule has 0 aliphatic heterocycles. The van der Waals surface area contributed by atoms with Gasteiger partial charge in [-0.05, 0) is 30.0 Å². The second kappa shape index (κ2) is 8.38. The van der Waals surface area contributed by atoms with Gasteiger partial charge in [-0.3, -0.25) is 20.4 Å². The van der Waals surface area contributed by atoms with Crippen molar-refractivity contribution in [3.05, 3.63) is 65.5 Å². The highest BCUT2D eigenvalue weighted by atomic mass is 19.2. The molecule has 0 aliphatic carbocycles. The Bertz CT molecular complexity index is 1040. The number of hydrogen-bond acceptors (Lipinski definition) is 3. The highest BCUT2D eigenvalue weighted by Gasteiger charge is 2.26. The fourth-order valence-corrected chi connectivity index (χ4v) is 3.15. The Labute approximate surface area is 166 Å². The summed E-state index contributed by atoms with van der Waals surface area (Å²) in [5.74, 6) is -3.18. The van der Waals surface area contributed by atoms with Crippen molar-refractivity contribution in [3.8, 4) is 0 Å². The Morgan fingerprint density at radius 1 is 1.07 bits per heavy atom. The van der Waals surface area contributed by atoms with Crippen LogP contribution in [0.1, 0.15) is 42.7 Å². The number of imidazole rings is 1. The van der Waals surface area contributed by atoms with Gasteiger partial charge in [0.25, 0.3) is 11.8 Å². The lowest BCUT2D eigenvalue weighted by molar-refractivity contribution is -0.126. The van der Waals surface area contributed by atoms with E-state index in [-0.39, 0.29) is 11.4 Å². The van der Waals surface area contributed by atoms with E-state index in [0.29, 0.717) is 11.1 Å². The van der Waals surface area contributed by atoms with Crippen molar-refractivity contribution in [2.45, 2.75) is 33.2 Å². The van der Waals surface area contributed by atoms with Crippen molar-refractivity contribution in [3.63, 3.8) is 0 Å². The fourth-order valence-electron chi connectivity index (χ4n) is 3.15. The second-order valence-electron chi connectivity index (χ2n) is 7.09. The van der Waals surface area contributed by atoms with E-state index in [4.69, 9.17) is 0 Å². The van der Waals surface area contributed by atoms with E-state index in [0.717, 1.165) is 24.1 Å². The number of aromatic nitrogens is 2. The maximum absolute atomic E-state index is 13.7. The highest BCUT2D eigenvalue weighted by molar-refractivity contribution is 5.96. The molecule has 8 heteroatoms. The van der Waals surface area contributed by atoms with Crippen LogP contribution in [0.15, 0.2) is 42.7 Å². The fraction of sp³-hybridized carbons (Fsp3) is 0.286. The first kappa shape index (κ1) is 20.4. The number of carbonyl (C=O) groups excluding carboxylic acids is 2. The van der Waals surface area contributed by atoms with Gasteiger partial charge in [0.1, 0.15) is 6.04 Å². The monoisotopic (exact) mass is 400 g/mol. The average Bonchev–Trinajstić information content (AvgIpc) is 3.08. The molecule has 3 rings (SSSR count). The minimum absolute atomic E-state index is 0.207. The van der Waals surface area contributed by atoms with Crippen molar-refractivity contribution in [2.24, 2.45) is 5.92 Å². The van der Waals surface area contributed by atoms with E-state index >= 15 is 0 Å². The molecule has 0 bridgehead atoms. The van der Waals surface area contributed by atoms with Crippen LogP contribution in [-0.4, -0.2) is 21.4 Å². The van der Waals surface area contributed by atoms with Crippen LogP contribution in [0.5, 0.6) is 0 Å². The molecule has 2 N–H and O–H groups in total. The quantitative estimate of drug-likeness (QED) is 0.644. The molecule has 1 heterocycles. The SMILES string of the molecule is CCc1ccc(C(=O)NNC(=O)C(C(C)C)n2cnc3cc(F)c(F)cc32)cc1. The van der Waals surface area contributed by atoms with E-state index in [1.165, 1.54) is 10.9 Å². The lowest BCUT2D eigenvalue weighted by Gasteiger charge is -2.22. The topological polar surface area (TPSA) is 76.0 Å². The Hall–Kier alpha value is -3.29. The molecule has 0 saturated carbocycles. The molecule has 2 amide bonds. The Morgan fingerprint density at radius 3 is 2.34 bits per heavy atom. The standard InChI is InChI=1S/C21H22F2N4O2/c1-4-13-5-7-14(8-6-13)20(28)25-26-21(29)19(12(2)3)27-11-24-17-9-15(22)16(23)10-18(17)27/h5-12,19H,4H2,1-3H3,(H,25,28)(H,26,29). The minimum atomic E-state index is -1.02. The largest absolute Gasteiger partial charge is 0.317 e. The van der Waals surface area contributed by atoms with Crippen molar-refractivity contribution in [2.75, 3.05) is 0 Å². The predicted octanol–water partition coefficient (Wildman–Crippen LogP) is 3.54. The van der Waals surface area contributed by atoms with Crippen molar-refractivity contribution in [1.82, 2.24) is 20.4 Å². The molecule has 1 aromatic heterocycles. The normalized spacial score (nSPS) is 12.2. The molecule has 152 valence electrons. The molecule has 0 aliphatic rings. The van der Waals surface area contributed by atoms with Crippen molar-refractivity contribution < 1.29 is 18.4 Å². The number of aryl methyl sites for hydroxylation is 1. The molecule has 3 aromatic rings. The van der Waals surface area contributed by atoms with E-state index in [1.54, 1.807) is 26.0 Å². The number of benzene rings is 2. The maximum Gasteiger partial charge on any atom is 0.269 e. The molecule has 0 saturated heterocycles. The number of rotatable bonds is 5. The molecule has 0 radical (unpaired) electrons. The lowest BCUT2D eigenvalue weighted by atomic mass is 10.0. The van der Waals surface area contributed by atoms with Crippen molar-refractivity contribution >= 4 is 22.8 Å². The first-order valence-electron chi connectivity index (χ1n) is 9.32. The Balaban J connectivity index is 1.78. The molecule has 29 heavy (non-hydrogen) atoms. The van der Waals surface area contributed by atoms with Crippen LogP contribution in [0.2, 0.25) is 0 Å². The number of nitrogens with zero attached hydrogens (tertiary/aromatic N) is 2. The van der Waals surface area contributed by atoms with Crippen LogP contribution in [0.3, 0.4) is 0 Å². The lowest BCUT2D eigenvalue weighted by Crippen LogP contribution is -2.46. The van der Waals surface area contributed by atoms with Gasteiger partial charge in [-0.25, -0.2) is 13.8 Å². The number of nitrogens with one attached hydrogen (secondary N) is 2. The molecule has 1 unspecified atom stereocenters. The zero-order valence-electron chi connectivity index (χ0n) is 16.4. The van der Waals surface area contributed by atoms with Crippen LogP contribution >= 0.6 is 0 Å². The van der Waals surface area contributed by atoms with Gasteiger partial charge < -0.3 is 4.57 Å². The molecule has 2 aromatic carbocycles. The predicted molar refractivity (Wildman–Crippen MR) is 105 cm³/mol. The number of halogens is 2. The van der Waals surface area contributed by atoms with E-state index in [2.05, 4.69) is 15.8 Å². The molecule has 0 spiro atoms. The van der Waals surface area contributed by atoms with Gasteiger partial charge in [0, 0.05) is 17.7 Å². The average molecular weight is 400 g/mol. The number of carbonyl (C=O) groups is 2. The zero-order valence-corrected chi connectivity index (χ0v) is 16.4. The summed E-state index contributed by atoms with van der Waals surface area (Å²) in [5, 5.41) is 0. The van der Waals surface area contributed by atoms with Gasteiger partial charge in [-0.2, -0.15) is 0 Å². The second-order valence-corrected chi connectivity index (χ2v) is 7.09. The van der Waals surface area contributed by atoms with Crippen LogP contribution in [0, 0.1) is 17.6 Å². The Kier molecular flexibility index (Phi) is 5.91. The van der Waals surface area contributed by atoms with Gasteiger partial charge in [0.2, 0.25) is 0 Å². The summed E-state index contributed by atoms with van der Waals surface area (Å²) >= 11 is 0. The molecule has 0 fully saturated rings. The van der Waals surface area contributed by atoms with Crippen LogP contribution in [0.4, 0.5) is 8.78 Å². The molecular weight excluding hydrogens is 378 g/mol. The van der Waals surface area contributed by atoms with E-state index in [9.17, 15) is 18.4 Å². The Morgan fingerprint density at radius 2 is 1.72 bits per heavy atom. The van der Waals surface area contributed by atoms with Crippen LogP contribution < -0.4 is 10.9 Å². The number of amides is 2. The third-order valence-electron chi connectivity index (χ3n) is 4.74. The van der Waals surface area contributed by atoms with E-state index in [1.807, 2.05) is 19.1 Å². The summed E-state index contributed by atoms with van der Waals surface area (Å²) in [6.07, 6.45) is 2.22. The van der Waals surface area contributed by atoms with Gasteiger partial charge in [0.15, 0.2) is 11.6 Å². The summed E-state index contributed by atoms with van der Waals surface area (Å²) in [4.78, 5) is 29.1. The third-order valence-corrected chi connectivity index (χ3v) is 4.74. The van der Waals surface area contributed by atoms with Crippen LogP contribution in [-0.2, 0) is 11.2 Å². The number of fused-ring (bicyclic) bond motifs is 1. The molecular formula is C21H22F2N4O2. The smallest absolute Gasteiger partial charge is 0.269 e. The van der Waals surface area contributed by atoms with Crippen molar-refractivity contribution in [1.29, 1.82) is 0 Å². The van der Waals surface area contributed by atoms with Gasteiger partial charge in [-0.15, -0.1) is 0 Å². The van der Waals surface area contributed by atoms with Crippen LogP contribution in [0.25, 0.3) is 11.0 Å². The highest BCUT2D eigenvalue weighted by Crippen LogP contribution is 2.25. The summed E-state index contributed by atoms with van der Waals surface area (Å²) in [5.41, 5.74) is 6.85. The maximum atomic E-state index is 13.7. The minimum Gasteiger partial charge on any atom is -0.317 e. The summed E-state index contributed by atoms with van der Waals surface area (Å²) in [6.45, 7) is 5.63. The number of hydrogen-bond donors (Lipinski definition) is 2. The summed E-state index contributed by atoms with van der Waals surface area (Å²) in [7, 11) is 0. The summed E-state index contributed by atoms with van der Waals surface area (Å²) < 4.78 is 28.6. The summed E-state index contributed by atoms with van der Waals surface area (Å²) in [6, 6.07) is 8.26. The molecule has 6 nitrogen and oxygen atoms in total. The van der Waals surface area contributed by atoms with Gasteiger partial charge in [-0.1, -0.05) is 32.9 Å². The third kappa shape index (κ3) is 4.26. The zero-order chi connectivity index (χ0) is 21.1. The van der Waals surface area contributed by atoms with E-state index < -0.39 is 29.5 Å².